The smallest absolute Gasteiger partial charge is 0.324 e. The number of esters is 2. The highest BCUT2D eigenvalue weighted by atomic mass is 16.6. The van der Waals surface area contributed by atoms with Gasteiger partial charge >= 0.3 is 17.9 Å². The SMILES string of the molecule is CCOC(=O)C(CC(=O)O)(CC(=O)c1ccc(-c2ccccc2)cc1)C(=O)OCC. The second kappa shape index (κ2) is 10.3. The summed E-state index contributed by atoms with van der Waals surface area (Å²) in [6.45, 7) is 2.91. The number of Topliss-reactive ketones (excluding diaryl/α,β-unsaturated/α-hetero) is 1. The van der Waals surface area contributed by atoms with E-state index in [9.17, 15) is 24.3 Å². The van der Waals surface area contributed by atoms with E-state index in [1.807, 2.05) is 30.3 Å². The van der Waals surface area contributed by atoms with E-state index in [-0.39, 0.29) is 18.8 Å². The topological polar surface area (TPSA) is 107 Å². The summed E-state index contributed by atoms with van der Waals surface area (Å²) in [4.78, 5) is 49.5. The molecule has 0 radical (unpaired) electrons. The Balaban J connectivity index is 2.35. The molecule has 0 aromatic heterocycles. The number of ketones is 1. The highest BCUT2D eigenvalue weighted by Gasteiger charge is 2.52. The van der Waals surface area contributed by atoms with Gasteiger partial charge in [-0.1, -0.05) is 54.6 Å². The van der Waals surface area contributed by atoms with Gasteiger partial charge in [0.2, 0.25) is 0 Å². The maximum Gasteiger partial charge on any atom is 0.324 e. The number of carboxylic acids is 1. The van der Waals surface area contributed by atoms with Gasteiger partial charge in [-0.2, -0.15) is 0 Å². The van der Waals surface area contributed by atoms with Crippen LogP contribution in [0.3, 0.4) is 0 Å². The first kappa shape index (κ1) is 22.8. The molecule has 0 bridgehead atoms. The van der Waals surface area contributed by atoms with Crippen LogP contribution in [0.25, 0.3) is 11.1 Å². The van der Waals surface area contributed by atoms with E-state index in [1.165, 1.54) is 13.8 Å². The van der Waals surface area contributed by atoms with Gasteiger partial charge in [0, 0.05) is 12.0 Å². The quantitative estimate of drug-likeness (QED) is 0.361. The van der Waals surface area contributed by atoms with Crippen molar-refractivity contribution < 1.29 is 33.8 Å². The number of aliphatic carboxylic acids is 1. The monoisotopic (exact) mass is 412 g/mol. The zero-order valence-corrected chi connectivity index (χ0v) is 16.9. The lowest BCUT2D eigenvalue weighted by atomic mass is 9.78. The molecule has 0 aliphatic rings. The standard InChI is InChI=1S/C23H24O7/c1-3-29-21(27)23(15-20(25)26,22(28)30-4-2)14-19(24)18-12-10-17(11-13-18)16-8-6-5-7-9-16/h5-13H,3-4,14-15H2,1-2H3,(H,25,26). The molecule has 0 unspecified atom stereocenters. The van der Waals surface area contributed by atoms with Crippen molar-refractivity contribution in [1.82, 2.24) is 0 Å². The molecule has 0 saturated heterocycles. The summed E-state index contributed by atoms with van der Waals surface area (Å²) >= 11 is 0. The molecule has 0 saturated carbocycles. The highest BCUT2D eigenvalue weighted by Crippen LogP contribution is 2.33. The van der Waals surface area contributed by atoms with E-state index in [0.29, 0.717) is 0 Å². The zero-order chi connectivity index (χ0) is 22.1. The Morgan fingerprint density at radius 2 is 1.27 bits per heavy atom. The summed E-state index contributed by atoms with van der Waals surface area (Å²) < 4.78 is 9.87. The summed E-state index contributed by atoms with van der Waals surface area (Å²) in [7, 11) is 0. The summed E-state index contributed by atoms with van der Waals surface area (Å²) in [6.07, 6.45) is -1.57. The Morgan fingerprint density at radius 3 is 1.73 bits per heavy atom. The van der Waals surface area contributed by atoms with E-state index in [0.717, 1.165) is 11.1 Å². The molecular formula is C23H24O7. The predicted molar refractivity (Wildman–Crippen MR) is 109 cm³/mol. The van der Waals surface area contributed by atoms with E-state index < -0.39 is 41.9 Å². The molecule has 0 heterocycles. The molecule has 158 valence electrons. The van der Waals surface area contributed by atoms with Crippen LogP contribution in [-0.4, -0.2) is 42.0 Å². The molecular weight excluding hydrogens is 388 g/mol. The molecule has 0 aliphatic carbocycles. The third-order valence-electron chi connectivity index (χ3n) is 4.56. The van der Waals surface area contributed by atoms with Gasteiger partial charge in [-0.05, 0) is 25.0 Å². The number of carbonyl (C=O) groups excluding carboxylic acids is 3. The van der Waals surface area contributed by atoms with Gasteiger partial charge in [0.1, 0.15) is 0 Å². The fourth-order valence-corrected chi connectivity index (χ4v) is 3.09. The summed E-state index contributed by atoms with van der Waals surface area (Å²) in [5.41, 5.74) is -0.139. The zero-order valence-electron chi connectivity index (χ0n) is 16.9. The van der Waals surface area contributed by atoms with Crippen LogP contribution in [0.5, 0.6) is 0 Å². The Bertz CT molecular complexity index is 883. The molecule has 2 aromatic rings. The number of ether oxygens (including phenoxy) is 2. The minimum Gasteiger partial charge on any atom is -0.481 e. The lowest BCUT2D eigenvalue weighted by Gasteiger charge is -2.27. The van der Waals surface area contributed by atoms with Gasteiger partial charge in [-0.3, -0.25) is 19.2 Å². The molecule has 0 spiro atoms. The minimum absolute atomic E-state index is 0.0699. The van der Waals surface area contributed by atoms with E-state index in [4.69, 9.17) is 9.47 Å². The first-order valence-electron chi connectivity index (χ1n) is 9.59. The summed E-state index contributed by atoms with van der Waals surface area (Å²) in [6, 6.07) is 16.2. The van der Waals surface area contributed by atoms with Crippen LogP contribution in [-0.2, 0) is 23.9 Å². The van der Waals surface area contributed by atoms with Crippen molar-refractivity contribution in [2.45, 2.75) is 26.7 Å². The maximum atomic E-state index is 12.9. The molecule has 30 heavy (non-hydrogen) atoms. The predicted octanol–water partition coefficient (Wildman–Crippen LogP) is 3.51. The van der Waals surface area contributed by atoms with Crippen molar-refractivity contribution >= 4 is 23.7 Å². The molecule has 0 fully saturated rings. The number of rotatable bonds is 10. The molecule has 0 amide bonds. The number of carbonyl (C=O) groups is 4. The van der Waals surface area contributed by atoms with Gasteiger partial charge < -0.3 is 14.6 Å². The van der Waals surface area contributed by atoms with Gasteiger partial charge in [0.15, 0.2) is 11.2 Å². The van der Waals surface area contributed by atoms with E-state index in [1.54, 1.807) is 24.3 Å². The number of carboxylic acid groups (broad SMARTS) is 1. The maximum absolute atomic E-state index is 12.9. The number of hydrogen-bond donors (Lipinski definition) is 1. The van der Waals surface area contributed by atoms with Crippen LogP contribution in [0.2, 0.25) is 0 Å². The second-order valence-corrected chi connectivity index (χ2v) is 6.64. The lowest BCUT2D eigenvalue weighted by Crippen LogP contribution is -2.45. The Hall–Kier alpha value is -3.48. The summed E-state index contributed by atoms with van der Waals surface area (Å²) in [5.74, 6) is -4.14. The van der Waals surface area contributed by atoms with Crippen molar-refractivity contribution in [2.24, 2.45) is 5.41 Å². The third kappa shape index (κ3) is 5.31. The largest absolute Gasteiger partial charge is 0.481 e. The van der Waals surface area contributed by atoms with Gasteiger partial charge in [0.05, 0.1) is 19.6 Å². The lowest BCUT2D eigenvalue weighted by molar-refractivity contribution is -0.176. The summed E-state index contributed by atoms with van der Waals surface area (Å²) in [5, 5.41) is 9.30. The molecule has 7 heteroatoms. The second-order valence-electron chi connectivity index (χ2n) is 6.64. The van der Waals surface area contributed by atoms with Crippen LogP contribution >= 0.6 is 0 Å². The van der Waals surface area contributed by atoms with Crippen molar-refractivity contribution in [2.75, 3.05) is 13.2 Å². The molecule has 2 aromatic carbocycles. The van der Waals surface area contributed by atoms with Crippen molar-refractivity contribution in [3.8, 4) is 11.1 Å². The Kier molecular flexibility index (Phi) is 7.86. The number of hydrogen-bond acceptors (Lipinski definition) is 6. The van der Waals surface area contributed by atoms with E-state index in [2.05, 4.69) is 0 Å². The average Bonchev–Trinajstić information content (AvgIpc) is 2.74. The molecule has 7 nitrogen and oxygen atoms in total. The van der Waals surface area contributed by atoms with Crippen molar-refractivity contribution in [3.63, 3.8) is 0 Å². The van der Waals surface area contributed by atoms with Crippen LogP contribution in [0.1, 0.15) is 37.0 Å². The highest BCUT2D eigenvalue weighted by molar-refractivity contribution is 6.09. The van der Waals surface area contributed by atoms with Gasteiger partial charge in [-0.25, -0.2) is 0 Å². The van der Waals surface area contributed by atoms with Crippen molar-refractivity contribution in [3.05, 3.63) is 60.2 Å². The van der Waals surface area contributed by atoms with Crippen molar-refractivity contribution in [1.29, 1.82) is 0 Å². The fourth-order valence-electron chi connectivity index (χ4n) is 3.09. The molecule has 0 aliphatic heterocycles. The molecule has 2 rings (SSSR count). The normalized spacial score (nSPS) is 10.9. The van der Waals surface area contributed by atoms with Crippen LogP contribution in [0.15, 0.2) is 54.6 Å². The molecule has 1 N–H and O–H groups in total. The molecule has 0 atom stereocenters. The van der Waals surface area contributed by atoms with Gasteiger partial charge in [-0.15, -0.1) is 0 Å². The number of benzene rings is 2. The first-order valence-corrected chi connectivity index (χ1v) is 9.59. The van der Waals surface area contributed by atoms with Crippen LogP contribution in [0.4, 0.5) is 0 Å². The fraction of sp³-hybridized carbons (Fsp3) is 0.304. The Labute approximate surface area is 174 Å². The minimum atomic E-state index is -2.24. The van der Waals surface area contributed by atoms with E-state index >= 15 is 0 Å². The Morgan fingerprint density at radius 1 is 0.767 bits per heavy atom. The van der Waals surface area contributed by atoms with Crippen LogP contribution < -0.4 is 0 Å². The third-order valence-corrected chi connectivity index (χ3v) is 4.56. The average molecular weight is 412 g/mol. The van der Waals surface area contributed by atoms with Crippen LogP contribution in [0, 0.1) is 5.41 Å². The first-order chi connectivity index (χ1) is 14.3. The van der Waals surface area contributed by atoms with Gasteiger partial charge in [0.25, 0.3) is 0 Å².